The average Bonchev–Trinajstić information content (AvgIpc) is 3.02. The van der Waals surface area contributed by atoms with Gasteiger partial charge in [-0.2, -0.15) is 0 Å². The number of pyridine rings is 1. The highest BCUT2D eigenvalue weighted by Crippen LogP contribution is 2.26. The van der Waals surface area contributed by atoms with E-state index in [1.165, 1.54) is 5.56 Å². The molecule has 2 aromatic rings. The third-order valence-electron chi connectivity index (χ3n) is 4.12. The van der Waals surface area contributed by atoms with E-state index in [-0.39, 0.29) is 17.2 Å². The number of aromatic nitrogens is 1. The SMILES string of the molecule is CN(C)c1nccc2c1CCN(C(=O)Cc1csc(C(=O)O)c1)C2. The van der Waals surface area contributed by atoms with Crippen molar-refractivity contribution in [2.75, 3.05) is 25.5 Å². The van der Waals surface area contributed by atoms with Crippen LogP contribution in [0.5, 0.6) is 0 Å². The van der Waals surface area contributed by atoms with E-state index in [4.69, 9.17) is 5.11 Å². The number of fused-ring (bicyclic) bond motifs is 1. The van der Waals surface area contributed by atoms with Crippen LogP contribution in [0.3, 0.4) is 0 Å². The molecule has 1 amide bonds. The number of hydrogen-bond donors (Lipinski definition) is 1. The minimum Gasteiger partial charge on any atom is -0.477 e. The van der Waals surface area contributed by atoms with Crippen LogP contribution in [0.15, 0.2) is 23.7 Å². The van der Waals surface area contributed by atoms with E-state index in [9.17, 15) is 9.59 Å². The summed E-state index contributed by atoms with van der Waals surface area (Å²) in [6.07, 6.45) is 2.80. The van der Waals surface area contributed by atoms with Crippen molar-refractivity contribution in [2.24, 2.45) is 0 Å². The first-order valence-corrected chi connectivity index (χ1v) is 8.56. The number of nitrogens with zero attached hydrogens (tertiary/aromatic N) is 3. The monoisotopic (exact) mass is 345 g/mol. The molecule has 1 aliphatic heterocycles. The molecular formula is C17H19N3O3S. The fourth-order valence-corrected chi connectivity index (χ4v) is 3.69. The third-order valence-corrected chi connectivity index (χ3v) is 5.09. The lowest BCUT2D eigenvalue weighted by Crippen LogP contribution is -2.37. The van der Waals surface area contributed by atoms with Crippen molar-refractivity contribution in [1.82, 2.24) is 9.88 Å². The molecule has 6 nitrogen and oxygen atoms in total. The second-order valence-corrected chi connectivity index (χ2v) is 6.94. The van der Waals surface area contributed by atoms with Crippen molar-refractivity contribution in [3.63, 3.8) is 0 Å². The maximum Gasteiger partial charge on any atom is 0.345 e. The highest BCUT2D eigenvalue weighted by Gasteiger charge is 2.24. The van der Waals surface area contributed by atoms with E-state index >= 15 is 0 Å². The summed E-state index contributed by atoms with van der Waals surface area (Å²) in [4.78, 5) is 32.0. The number of carboxylic acid groups (broad SMARTS) is 1. The van der Waals surface area contributed by atoms with Crippen LogP contribution in [0.2, 0.25) is 0 Å². The predicted octanol–water partition coefficient (Wildman–Crippen LogP) is 2.03. The summed E-state index contributed by atoms with van der Waals surface area (Å²) >= 11 is 1.16. The van der Waals surface area contributed by atoms with E-state index in [1.54, 1.807) is 17.6 Å². The van der Waals surface area contributed by atoms with Crippen LogP contribution < -0.4 is 4.90 Å². The molecule has 0 saturated carbocycles. The van der Waals surface area contributed by atoms with E-state index in [0.717, 1.165) is 34.7 Å². The van der Waals surface area contributed by atoms with Crippen LogP contribution in [-0.4, -0.2) is 47.5 Å². The fourth-order valence-electron chi connectivity index (χ4n) is 2.94. The minimum atomic E-state index is -0.950. The number of aromatic carboxylic acids is 1. The Balaban J connectivity index is 1.71. The van der Waals surface area contributed by atoms with Crippen molar-refractivity contribution in [1.29, 1.82) is 0 Å². The number of carboxylic acids is 1. The Bertz CT molecular complexity index is 785. The topological polar surface area (TPSA) is 73.7 Å². The van der Waals surface area contributed by atoms with E-state index in [0.29, 0.717) is 13.1 Å². The third kappa shape index (κ3) is 3.26. The second kappa shape index (κ2) is 6.60. The molecule has 0 fully saturated rings. The van der Waals surface area contributed by atoms with E-state index < -0.39 is 5.97 Å². The second-order valence-electron chi connectivity index (χ2n) is 6.03. The van der Waals surface area contributed by atoms with Crippen molar-refractivity contribution >= 4 is 29.0 Å². The molecule has 0 spiro atoms. The molecule has 1 aliphatic rings. The lowest BCUT2D eigenvalue weighted by atomic mass is 10.00. The lowest BCUT2D eigenvalue weighted by molar-refractivity contribution is -0.131. The minimum absolute atomic E-state index is 0.0265. The molecular weight excluding hydrogens is 326 g/mol. The van der Waals surface area contributed by atoms with Gasteiger partial charge in [0.25, 0.3) is 0 Å². The predicted molar refractivity (Wildman–Crippen MR) is 92.7 cm³/mol. The zero-order valence-electron chi connectivity index (χ0n) is 13.7. The Kier molecular flexibility index (Phi) is 4.53. The van der Waals surface area contributed by atoms with Crippen LogP contribution in [0.4, 0.5) is 5.82 Å². The molecule has 2 aromatic heterocycles. The summed E-state index contributed by atoms with van der Waals surface area (Å²) in [5, 5.41) is 10.7. The Morgan fingerprint density at radius 3 is 2.88 bits per heavy atom. The van der Waals surface area contributed by atoms with Gasteiger partial charge in [-0.15, -0.1) is 11.3 Å². The summed E-state index contributed by atoms with van der Waals surface area (Å²) in [7, 11) is 3.94. The zero-order valence-corrected chi connectivity index (χ0v) is 14.5. The molecule has 24 heavy (non-hydrogen) atoms. The Labute approximate surface area is 144 Å². The number of carbonyl (C=O) groups excluding carboxylic acids is 1. The first kappa shape index (κ1) is 16.4. The van der Waals surface area contributed by atoms with Crippen LogP contribution in [-0.2, 0) is 24.2 Å². The fraction of sp³-hybridized carbons (Fsp3) is 0.353. The number of thiophene rings is 1. The van der Waals surface area contributed by atoms with Crippen molar-refractivity contribution in [3.05, 3.63) is 45.3 Å². The number of rotatable bonds is 4. The van der Waals surface area contributed by atoms with Gasteiger partial charge in [-0.05, 0) is 35.1 Å². The molecule has 3 heterocycles. The van der Waals surface area contributed by atoms with Gasteiger partial charge >= 0.3 is 5.97 Å². The van der Waals surface area contributed by atoms with E-state index in [2.05, 4.69) is 4.98 Å². The first-order valence-electron chi connectivity index (χ1n) is 7.68. The van der Waals surface area contributed by atoms with Gasteiger partial charge in [-0.1, -0.05) is 0 Å². The summed E-state index contributed by atoms with van der Waals surface area (Å²) in [5.41, 5.74) is 3.09. The molecule has 0 saturated heterocycles. The number of carbonyl (C=O) groups is 2. The summed E-state index contributed by atoms with van der Waals surface area (Å²) in [5.74, 6) is 0.0384. The maximum atomic E-state index is 12.5. The van der Waals surface area contributed by atoms with Gasteiger partial charge in [-0.25, -0.2) is 9.78 Å². The van der Waals surface area contributed by atoms with E-state index in [1.807, 2.05) is 30.0 Å². The first-order chi connectivity index (χ1) is 11.5. The van der Waals surface area contributed by atoms with Crippen molar-refractivity contribution in [3.8, 4) is 0 Å². The Morgan fingerprint density at radius 2 is 2.21 bits per heavy atom. The van der Waals surface area contributed by atoms with Crippen LogP contribution in [0, 0.1) is 0 Å². The highest BCUT2D eigenvalue weighted by molar-refractivity contribution is 7.12. The largest absolute Gasteiger partial charge is 0.477 e. The van der Waals surface area contributed by atoms with Crippen LogP contribution >= 0.6 is 11.3 Å². The number of hydrogen-bond acceptors (Lipinski definition) is 5. The van der Waals surface area contributed by atoms with Crippen LogP contribution in [0.1, 0.15) is 26.4 Å². The van der Waals surface area contributed by atoms with Gasteiger partial charge in [0, 0.05) is 38.9 Å². The summed E-state index contributed by atoms with van der Waals surface area (Å²) < 4.78 is 0. The zero-order chi connectivity index (χ0) is 17.3. The molecule has 126 valence electrons. The molecule has 3 rings (SSSR count). The molecule has 0 bridgehead atoms. The smallest absolute Gasteiger partial charge is 0.345 e. The normalized spacial score (nSPS) is 13.5. The molecule has 0 radical (unpaired) electrons. The highest BCUT2D eigenvalue weighted by atomic mass is 32.1. The Morgan fingerprint density at radius 1 is 1.42 bits per heavy atom. The van der Waals surface area contributed by atoms with Crippen molar-refractivity contribution < 1.29 is 14.7 Å². The van der Waals surface area contributed by atoms with Gasteiger partial charge < -0.3 is 14.9 Å². The molecule has 1 N–H and O–H groups in total. The molecule has 0 aliphatic carbocycles. The van der Waals surface area contributed by atoms with Gasteiger partial charge in [0.05, 0.1) is 6.42 Å². The van der Waals surface area contributed by atoms with Gasteiger partial charge in [0.1, 0.15) is 10.7 Å². The van der Waals surface area contributed by atoms with Crippen molar-refractivity contribution in [2.45, 2.75) is 19.4 Å². The summed E-state index contributed by atoms with van der Waals surface area (Å²) in [6, 6.07) is 3.55. The standard InChI is InChI=1S/C17H19N3O3S/c1-19(2)16-13-4-6-20(9-12(13)3-5-18-16)15(21)8-11-7-14(17(22)23)24-10-11/h3,5,7,10H,4,6,8-9H2,1-2H3,(H,22,23). The average molecular weight is 345 g/mol. The lowest BCUT2D eigenvalue weighted by Gasteiger charge is -2.31. The number of amides is 1. The summed E-state index contributed by atoms with van der Waals surface area (Å²) in [6.45, 7) is 1.24. The Hall–Kier alpha value is -2.41. The van der Waals surface area contributed by atoms with Gasteiger partial charge in [0.2, 0.25) is 5.91 Å². The van der Waals surface area contributed by atoms with Gasteiger partial charge in [-0.3, -0.25) is 4.79 Å². The maximum absolute atomic E-state index is 12.5. The van der Waals surface area contributed by atoms with Crippen LogP contribution in [0.25, 0.3) is 0 Å². The molecule has 0 atom stereocenters. The molecule has 7 heteroatoms. The molecule has 0 aromatic carbocycles. The quantitative estimate of drug-likeness (QED) is 0.918. The van der Waals surface area contributed by atoms with Gasteiger partial charge in [0.15, 0.2) is 0 Å². The molecule has 0 unspecified atom stereocenters. The number of anilines is 1.